The molecule has 4 heteroatoms. The third-order valence-corrected chi connectivity index (χ3v) is 5.81. The second-order valence-electron chi connectivity index (χ2n) is 6.80. The Morgan fingerprint density at radius 1 is 1.43 bits per heavy atom. The Kier molecular flexibility index (Phi) is 4.97. The van der Waals surface area contributed by atoms with Gasteiger partial charge < -0.3 is 10.1 Å². The van der Waals surface area contributed by atoms with Crippen LogP contribution >= 0.6 is 15.9 Å². The van der Waals surface area contributed by atoms with Crippen molar-refractivity contribution in [1.82, 2.24) is 10.3 Å². The summed E-state index contributed by atoms with van der Waals surface area (Å²) in [5, 5.41) is 3.63. The number of aromatic nitrogens is 1. The molecule has 3 atom stereocenters. The Bertz CT molecular complexity index is 482. The third kappa shape index (κ3) is 3.49. The first kappa shape index (κ1) is 15.4. The zero-order chi connectivity index (χ0) is 14.7. The van der Waals surface area contributed by atoms with Crippen LogP contribution in [0.2, 0.25) is 0 Å². The standard InChI is InChI=1S/C17H25BrN2O/c1-21-5-4-19-12-17(8-13-2-3-15(17)6-13)9-14-7-16(18)11-20-10-14/h7,10-11,13,15,19H,2-6,8-9,12H2,1H3. The van der Waals surface area contributed by atoms with Gasteiger partial charge in [-0.2, -0.15) is 0 Å². The summed E-state index contributed by atoms with van der Waals surface area (Å²) in [6, 6.07) is 2.23. The van der Waals surface area contributed by atoms with Gasteiger partial charge in [-0.05, 0) is 70.5 Å². The Labute approximate surface area is 136 Å². The van der Waals surface area contributed by atoms with Crippen LogP contribution in [0.5, 0.6) is 0 Å². The molecule has 0 amide bonds. The fourth-order valence-corrected chi connectivity index (χ4v) is 4.94. The van der Waals surface area contributed by atoms with Gasteiger partial charge in [-0.15, -0.1) is 0 Å². The van der Waals surface area contributed by atoms with Crippen LogP contribution in [0.4, 0.5) is 0 Å². The number of methoxy groups -OCH3 is 1. The molecule has 2 fully saturated rings. The van der Waals surface area contributed by atoms with Crippen LogP contribution in [0.3, 0.4) is 0 Å². The van der Waals surface area contributed by atoms with Crippen LogP contribution in [-0.4, -0.2) is 31.8 Å². The second kappa shape index (κ2) is 6.76. The minimum absolute atomic E-state index is 0.430. The molecule has 2 aliphatic rings. The van der Waals surface area contributed by atoms with E-state index in [1.165, 1.54) is 31.2 Å². The molecule has 116 valence electrons. The van der Waals surface area contributed by atoms with Crippen LogP contribution in [-0.2, 0) is 11.2 Å². The van der Waals surface area contributed by atoms with Crippen molar-refractivity contribution in [3.8, 4) is 0 Å². The van der Waals surface area contributed by atoms with Gasteiger partial charge in [0.05, 0.1) is 6.61 Å². The van der Waals surface area contributed by atoms with Gasteiger partial charge >= 0.3 is 0 Å². The van der Waals surface area contributed by atoms with Gasteiger partial charge in [0, 0.05) is 37.1 Å². The molecule has 2 bridgehead atoms. The highest BCUT2D eigenvalue weighted by Gasteiger charge is 2.50. The topological polar surface area (TPSA) is 34.1 Å². The second-order valence-corrected chi connectivity index (χ2v) is 7.72. The molecule has 1 aromatic heterocycles. The van der Waals surface area contributed by atoms with E-state index in [0.717, 1.165) is 42.4 Å². The van der Waals surface area contributed by atoms with Gasteiger partial charge in [-0.3, -0.25) is 4.98 Å². The van der Waals surface area contributed by atoms with Crippen molar-refractivity contribution in [2.45, 2.75) is 32.1 Å². The molecule has 0 aliphatic heterocycles. The van der Waals surface area contributed by atoms with E-state index in [9.17, 15) is 0 Å². The lowest BCUT2D eigenvalue weighted by Gasteiger charge is -2.38. The van der Waals surface area contributed by atoms with Gasteiger partial charge in [0.2, 0.25) is 0 Å². The number of nitrogens with one attached hydrogen (secondary N) is 1. The SMILES string of the molecule is COCCNCC1(Cc2cncc(Br)c2)CC2CCC1C2. The van der Waals surface area contributed by atoms with Crippen molar-refractivity contribution in [2.24, 2.45) is 17.3 Å². The number of hydrogen-bond acceptors (Lipinski definition) is 3. The predicted octanol–water partition coefficient (Wildman–Crippen LogP) is 3.43. The van der Waals surface area contributed by atoms with Crippen LogP contribution in [0.1, 0.15) is 31.2 Å². The molecule has 0 spiro atoms. The molecular formula is C17H25BrN2O. The van der Waals surface area contributed by atoms with Crippen molar-refractivity contribution >= 4 is 15.9 Å². The fourth-order valence-electron chi connectivity index (χ4n) is 4.52. The van der Waals surface area contributed by atoms with E-state index in [0.29, 0.717) is 5.41 Å². The monoisotopic (exact) mass is 352 g/mol. The highest BCUT2D eigenvalue weighted by Crippen LogP contribution is 2.57. The lowest BCUT2D eigenvalue weighted by molar-refractivity contribution is 0.145. The maximum Gasteiger partial charge on any atom is 0.0587 e. The summed E-state index contributed by atoms with van der Waals surface area (Å²) in [4.78, 5) is 4.34. The largest absolute Gasteiger partial charge is 0.383 e. The summed E-state index contributed by atoms with van der Waals surface area (Å²) in [6.07, 6.45) is 10.7. The van der Waals surface area contributed by atoms with E-state index in [1.807, 2.05) is 12.4 Å². The molecule has 3 rings (SSSR count). The highest BCUT2D eigenvalue weighted by atomic mass is 79.9. The van der Waals surface area contributed by atoms with Gasteiger partial charge in [-0.1, -0.05) is 6.42 Å². The first-order chi connectivity index (χ1) is 10.2. The third-order valence-electron chi connectivity index (χ3n) is 5.38. The summed E-state index contributed by atoms with van der Waals surface area (Å²) in [6.45, 7) is 2.86. The summed E-state index contributed by atoms with van der Waals surface area (Å²) < 4.78 is 6.25. The lowest BCUT2D eigenvalue weighted by Crippen LogP contribution is -2.41. The predicted molar refractivity (Wildman–Crippen MR) is 88.3 cm³/mol. The van der Waals surface area contributed by atoms with Gasteiger partial charge in [0.25, 0.3) is 0 Å². The molecule has 1 heterocycles. The van der Waals surface area contributed by atoms with Crippen molar-refractivity contribution in [2.75, 3.05) is 26.8 Å². The first-order valence-corrected chi connectivity index (χ1v) is 8.80. The smallest absolute Gasteiger partial charge is 0.0587 e. The van der Waals surface area contributed by atoms with Crippen LogP contribution in [0.15, 0.2) is 22.9 Å². The van der Waals surface area contributed by atoms with Gasteiger partial charge in [0.15, 0.2) is 0 Å². The van der Waals surface area contributed by atoms with Crippen LogP contribution in [0.25, 0.3) is 0 Å². The molecule has 2 saturated carbocycles. The van der Waals surface area contributed by atoms with E-state index >= 15 is 0 Å². The fraction of sp³-hybridized carbons (Fsp3) is 0.706. The maximum absolute atomic E-state index is 5.16. The van der Waals surface area contributed by atoms with E-state index < -0.39 is 0 Å². The Morgan fingerprint density at radius 3 is 3.00 bits per heavy atom. The summed E-state index contributed by atoms with van der Waals surface area (Å²) in [5.74, 6) is 1.84. The molecule has 0 saturated heterocycles. The number of nitrogens with zero attached hydrogens (tertiary/aromatic N) is 1. The first-order valence-electron chi connectivity index (χ1n) is 8.01. The molecule has 3 nitrogen and oxygen atoms in total. The number of hydrogen-bond donors (Lipinski definition) is 1. The zero-order valence-corrected chi connectivity index (χ0v) is 14.4. The lowest BCUT2D eigenvalue weighted by atomic mass is 9.69. The highest BCUT2D eigenvalue weighted by molar-refractivity contribution is 9.10. The Balaban J connectivity index is 1.70. The van der Waals surface area contributed by atoms with E-state index in [1.54, 1.807) is 7.11 Å². The van der Waals surface area contributed by atoms with Crippen molar-refractivity contribution in [3.05, 3.63) is 28.5 Å². The molecule has 21 heavy (non-hydrogen) atoms. The van der Waals surface area contributed by atoms with Crippen molar-refractivity contribution in [3.63, 3.8) is 0 Å². The van der Waals surface area contributed by atoms with Gasteiger partial charge in [0.1, 0.15) is 0 Å². The average molecular weight is 353 g/mol. The summed E-state index contributed by atoms with van der Waals surface area (Å²) in [7, 11) is 1.77. The minimum atomic E-state index is 0.430. The number of rotatable bonds is 7. The maximum atomic E-state index is 5.16. The van der Waals surface area contributed by atoms with Crippen LogP contribution < -0.4 is 5.32 Å². The van der Waals surface area contributed by atoms with Gasteiger partial charge in [-0.25, -0.2) is 0 Å². The molecule has 1 N–H and O–H groups in total. The minimum Gasteiger partial charge on any atom is -0.383 e. The molecule has 0 aromatic carbocycles. The summed E-state index contributed by atoms with van der Waals surface area (Å²) >= 11 is 3.55. The molecule has 0 radical (unpaired) electrons. The van der Waals surface area contributed by atoms with E-state index in [-0.39, 0.29) is 0 Å². The quantitative estimate of drug-likeness (QED) is 0.763. The normalized spacial score (nSPS) is 31.0. The molecule has 1 aromatic rings. The molecule has 2 aliphatic carbocycles. The van der Waals surface area contributed by atoms with E-state index in [2.05, 4.69) is 32.3 Å². The van der Waals surface area contributed by atoms with Crippen LogP contribution in [0, 0.1) is 17.3 Å². The Morgan fingerprint density at radius 2 is 2.33 bits per heavy atom. The number of ether oxygens (including phenoxy) is 1. The molecule has 3 unspecified atom stereocenters. The average Bonchev–Trinajstić information content (AvgIpc) is 3.05. The zero-order valence-electron chi connectivity index (χ0n) is 12.8. The van der Waals surface area contributed by atoms with Crippen molar-refractivity contribution < 1.29 is 4.74 Å². The number of halogens is 1. The van der Waals surface area contributed by atoms with Crippen molar-refractivity contribution in [1.29, 1.82) is 0 Å². The Hall–Kier alpha value is -0.450. The summed E-state index contributed by atoms with van der Waals surface area (Å²) in [5.41, 5.74) is 1.80. The number of pyridine rings is 1. The number of fused-ring (bicyclic) bond motifs is 2. The van der Waals surface area contributed by atoms with E-state index in [4.69, 9.17) is 4.74 Å². The molecular weight excluding hydrogens is 328 g/mol.